The van der Waals surface area contributed by atoms with Crippen LogP contribution in [0.25, 0.3) is 21.0 Å². The summed E-state index contributed by atoms with van der Waals surface area (Å²) in [7, 11) is 0. The molecule has 1 unspecified atom stereocenters. The van der Waals surface area contributed by atoms with Crippen LogP contribution in [0.3, 0.4) is 0 Å². The zero-order valence-corrected chi connectivity index (χ0v) is 19.7. The van der Waals surface area contributed by atoms with Crippen LogP contribution in [-0.2, 0) is 11.3 Å². The second kappa shape index (κ2) is 8.64. The summed E-state index contributed by atoms with van der Waals surface area (Å²) in [6.45, 7) is 10.4. The molecule has 0 radical (unpaired) electrons. The van der Waals surface area contributed by atoms with Crippen molar-refractivity contribution < 1.29 is 4.79 Å². The van der Waals surface area contributed by atoms with Gasteiger partial charge < -0.3 is 10.2 Å². The lowest BCUT2D eigenvalue weighted by molar-refractivity contribution is -0.130. The molecular formula is C25H29N5OS. The van der Waals surface area contributed by atoms with Crippen molar-refractivity contribution >= 4 is 44.2 Å². The molecule has 3 heterocycles. The fraction of sp³-hybridized carbons (Fsp3) is 0.400. The number of benzene rings is 1. The minimum atomic E-state index is 0.172. The Balaban J connectivity index is 1.39. The molecule has 1 aliphatic heterocycles. The van der Waals surface area contributed by atoms with Crippen LogP contribution < -0.4 is 5.32 Å². The van der Waals surface area contributed by atoms with Gasteiger partial charge in [0.15, 0.2) is 0 Å². The molecule has 5 rings (SSSR count). The number of carbonyl (C=O) groups excluding carboxylic acids is 1. The Morgan fingerprint density at radius 3 is 2.81 bits per heavy atom. The van der Waals surface area contributed by atoms with E-state index < -0.39 is 0 Å². The van der Waals surface area contributed by atoms with E-state index in [9.17, 15) is 4.79 Å². The summed E-state index contributed by atoms with van der Waals surface area (Å²) in [4.78, 5) is 26.7. The fourth-order valence-corrected chi connectivity index (χ4v) is 5.80. The molecule has 32 heavy (non-hydrogen) atoms. The summed E-state index contributed by atoms with van der Waals surface area (Å²) in [6.07, 6.45) is 7.44. The van der Waals surface area contributed by atoms with E-state index in [1.165, 1.54) is 20.5 Å². The standard InChI is InChI=1S/C25H29N5OS/c1-16-10-17(2)12-20(11-16)27-25-26-14-19-4-5-23-22(24(19)28-25)13-21(32-23)15-29-6-8-30(9-7-29)18(3)31/h4-5,11-14,16H,6-10,15H2,1-3H3,(H,26,27,28). The van der Waals surface area contributed by atoms with E-state index in [1.54, 1.807) is 6.92 Å². The molecule has 1 aromatic carbocycles. The molecule has 166 valence electrons. The molecule has 0 saturated carbocycles. The van der Waals surface area contributed by atoms with Crippen molar-refractivity contribution in [3.63, 3.8) is 0 Å². The van der Waals surface area contributed by atoms with Crippen molar-refractivity contribution in [3.8, 4) is 0 Å². The summed E-state index contributed by atoms with van der Waals surface area (Å²) in [5.74, 6) is 1.33. The molecule has 2 aliphatic rings. The van der Waals surface area contributed by atoms with Gasteiger partial charge in [0.25, 0.3) is 0 Å². The first-order chi connectivity index (χ1) is 15.4. The Labute approximate surface area is 192 Å². The minimum absolute atomic E-state index is 0.172. The van der Waals surface area contributed by atoms with E-state index in [0.29, 0.717) is 11.9 Å². The lowest BCUT2D eigenvalue weighted by Gasteiger charge is -2.33. The normalized spacial score (nSPS) is 19.8. The third-order valence-corrected chi connectivity index (χ3v) is 7.35. The number of hydrogen-bond donors (Lipinski definition) is 1. The molecule has 7 heteroatoms. The first kappa shape index (κ1) is 21.1. The SMILES string of the molecule is CC(=O)N1CCN(Cc2cc3c(ccc4cnc(NC5=CC(C)CC(C)=C5)nc43)s2)CC1. The predicted octanol–water partition coefficient (Wildman–Crippen LogP) is 4.79. The highest BCUT2D eigenvalue weighted by atomic mass is 32.1. The Kier molecular flexibility index (Phi) is 5.69. The largest absolute Gasteiger partial charge is 0.340 e. The number of allylic oxidation sites excluding steroid dienone is 3. The molecule has 6 nitrogen and oxygen atoms in total. The average molecular weight is 448 g/mol. The maximum atomic E-state index is 11.6. The first-order valence-corrected chi connectivity index (χ1v) is 12.1. The summed E-state index contributed by atoms with van der Waals surface area (Å²) < 4.78 is 1.25. The van der Waals surface area contributed by atoms with Crippen LogP contribution in [0.4, 0.5) is 5.95 Å². The molecule has 0 spiro atoms. The van der Waals surface area contributed by atoms with Crippen molar-refractivity contribution in [2.75, 3.05) is 31.5 Å². The smallest absolute Gasteiger partial charge is 0.227 e. The van der Waals surface area contributed by atoms with Crippen molar-refractivity contribution in [2.45, 2.75) is 33.7 Å². The molecule has 1 atom stereocenters. The van der Waals surface area contributed by atoms with Gasteiger partial charge in [-0.15, -0.1) is 11.3 Å². The zero-order chi connectivity index (χ0) is 22.2. The van der Waals surface area contributed by atoms with Crippen LogP contribution in [0.15, 0.2) is 47.8 Å². The maximum absolute atomic E-state index is 11.6. The van der Waals surface area contributed by atoms with Gasteiger partial charge in [-0.05, 0) is 43.5 Å². The van der Waals surface area contributed by atoms with Gasteiger partial charge in [0, 0.05) is 71.9 Å². The number of anilines is 1. The second-order valence-electron chi connectivity index (χ2n) is 9.02. The second-order valence-corrected chi connectivity index (χ2v) is 10.2. The summed E-state index contributed by atoms with van der Waals surface area (Å²) in [5.41, 5.74) is 3.44. The van der Waals surface area contributed by atoms with Gasteiger partial charge in [0.1, 0.15) is 0 Å². The van der Waals surface area contributed by atoms with Crippen molar-refractivity contribution in [1.29, 1.82) is 0 Å². The van der Waals surface area contributed by atoms with Crippen molar-refractivity contribution in [2.24, 2.45) is 5.92 Å². The number of aromatic nitrogens is 2. The van der Waals surface area contributed by atoms with Crippen molar-refractivity contribution in [3.05, 3.63) is 52.7 Å². The molecule has 0 bridgehead atoms. The molecule has 3 aromatic rings. The highest BCUT2D eigenvalue weighted by Crippen LogP contribution is 2.32. The molecule has 1 amide bonds. The van der Waals surface area contributed by atoms with E-state index in [4.69, 9.17) is 4.98 Å². The highest BCUT2D eigenvalue weighted by Gasteiger charge is 2.19. The van der Waals surface area contributed by atoms with Gasteiger partial charge >= 0.3 is 0 Å². The van der Waals surface area contributed by atoms with Crippen LogP contribution >= 0.6 is 11.3 Å². The number of amides is 1. The van der Waals surface area contributed by atoms with Crippen LogP contribution in [0, 0.1) is 5.92 Å². The van der Waals surface area contributed by atoms with Crippen LogP contribution in [0.2, 0.25) is 0 Å². The van der Waals surface area contributed by atoms with Crippen LogP contribution in [0.1, 0.15) is 32.1 Å². The number of carbonyl (C=O) groups is 1. The number of rotatable bonds is 4. The van der Waals surface area contributed by atoms with E-state index in [-0.39, 0.29) is 5.91 Å². The quantitative estimate of drug-likeness (QED) is 0.623. The Morgan fingerprint density at radius 1 is 1.25 bits per heavy atom. The van der Waals surface area contributed by atoms with E-state index in [0.717, 1.165) is 55.7 Å². The van der Waals surface area contributed by atoms with E-state index in [2.05, 4.69) is 59.4 Å². The number of hydrogen-bond acceptors (Lipinski definition) is 6. The minimum Gasteiger partial charge on any atom is -0.340 e. The zero-order valence-electron chi connectivity index (χ0n) is 18.9. The number of thiophene rings is 1. The topological polar surface area (TPSA) is 61.4 Å². The van der Waals surface area contributed by atoms with Gasteiger partial charge in [0.05, 0.1) is 5.52 Å². The van der Waals surface area contributed by atoms with E-state index in [1.807, 2.05) is 22.4 Å². The predicted molar refractivity (Wildman–Crippen MR) is 132 cm³/mol. The van der Waals surface area contributed by atoms with Crippen LogP contribution in [0.5, 0.6) is 0 Å². The third kappa shape index (κ3) is 4.40. The maximum Gasteiger partial charge on any atom is 0.227 e. The molecule has 1 saturated heterocycles. The van der Waals surface area contributed by atoms with Gasteiger partial charge in [0.2, 0.25) is 11.9 Å². The van der Waals surface area contributed by atoms with E-state index >= 15 is 0 Å². The van der Waals surface area contributed by atoms with Crippen molar-refractivity contribution in [1.82, 2.24) is 19.8 Å². The molecule has 1 aliphatic carbocycles. The monoisotopic (exact) mass is 447 g/mol. The Hall–Kier alpha value is -2.77. The third-order valence-electron chi connectivity index (χ3n) is 6.26. The van der Waals surface area contributed by atoms with Gasteiger partial charge in [-0.2, -0.15) is 0 Å². The highest BCUT2D eigenvalue weighted by molar-refractivity contribution is 7.19. The summed E-state index contributed by atoms with van der Waals surface area (Å²) in [6, 6.07) is 6.56. The Morgan fingerprint density at radius 2 is 2.06 bits per heavy atom. The van der Waals surface area contributed by atoms with Crippen LogP contribution in [-0.4, -0.2) is 51.9 Å². The number of nitrogens with one attached hydrogen (secondary N) is 1. The number of piperazine rings is 1. The number of fused-ring (bicyclic) bond motifs is 3. The summed E-state index contributed by atoms with van der Waals surface area (Å²) in [5, 5.41) is 5.65. The first-order valence-electron chi connectivity index (χ1n) is 11.3. The lowest BCUT2D eigenvalue weighted by Crippen LogP contribution is -2.47. The fourth-order valence-electron chi connectivity index (χ4n) is 4.69. The molecular weight excluding hydrogens is 418 g/mol. The Bertz CT molecular complexity index is 1240. The average Bonchev–Trinajstić information content (AvgIpc) is 3.16. The molecule has 2 aromatic heterocycles. The lowest BCUT2D eigenvalue weighted by atomic mass is 9.95. The number of nitrogens with zero attached hydrogens (tertiary/aromatic N) is 4. The molecule has 1 N–H and O–H groups in total. The van der Waals surface area contributed by atoms with Gasteiger partial charge in [-0.1, -0.05) is 18.6 Å². The van der Waals surface area contributed by atoms with Gasteiger partial charge in [-0.3, -0.25) is 9.69 Å². The molecule has 1 fully saturated rings. The summed E-state index contributed by atoms with van der Waals surface area (Å²) >= 11 is 1.83. The van der Waals surface area contributed by atoms with Gasteiger partial charge in [-0.25, -0.2) is 9.97 Å².